The fourth-order valence-electron chi connectivity index (χ4n) is 2.55. The van der Waals surface area contributed by atoms with E-state index in [0.717, 1.165) is 0 Å². The summed E-state index contributed by atoms with van der Waals surface area (Å²) in [5.74, 6) is -1.11. The van der Waals surface area contributed by atoms with Crippen molar-refractivity contribution in [2.24, 2.45) is 0 Å². The number of hydrogen-bond acceptors (Lipinski definition) is 4. The third kappa shape index (κ3) is 3.22. The first kappa shape index (κ1) is 15.2. The van der Waals surface area contributed by atoms with Gasteiger partial charge in [0.15, 0.2) is 0 Å². The van der Waals surface area contributed by atoms with Crippen molar-refractivity contribution in [1.82, 2.24) is 9.88 Å². The molecule has 3 rings (SSSR count). The molecule has 0 saturated carbocycles. The maximum Gasteiger partial charge on any atom is 0.336 e. The summed E-state index contributed by atoms with van der Waals surface area (Å²) in [4.78, 5) is 29.8. The van der Waals surface area contributed by atoms with E-state index in [2.05, 4.69) is 4.98 Å². The minimum absolute atomic E-state index is 0.0928. The van der Waals surface area contributed by atoms with E-state index in [9.17, 15) is 14.7 Å². The Morgan fingerprint density at radius 1 is 1.13 bits per heavy atom. The second-order valence-electron chi connectivity index (χ2n) is 5.19. The number of ether oxygens (including phenoxy) is 1. The van der Waals surface area contributed by atoms with Crippen molar-refractivity contribution in [3.63, 3.8) is 0 Å². The van der Waals surface area contributed by atoms with Crippen LogP contribution in [0, 0.1) is 0 Å². The Labute approximate surface area is 133 Å². The van der Waals surface area contributed by atoms with E-state index in [1.807, 2.05) is 0 Å². The second-order valence-corrected chi connectivity index (χ2v) is 5.19. The van der Waals surface area contributed by atoms with Crippen molar-refractivity contribution < 1.29 is 19.4 Å². The van der Waals surface area contributed by atoms with Crippen LogP contribution in [0.3, 0.4) is 0 Å². The molecule has 0 radical (unpaired) electrons. The Kier molecular flexibility index (Phi) is 4.34. The SMILES string of the molecule is O=C(O)c1ccccc1-c1cc(C(=O)N2CCOCC2)ccn1. The molecule has 118 valence electrons. The van der Waals surface area contributed by atoms with Crippen LogP contribution in [-0.2, 0) is 4.74 Å². The van der Waals surface area contributed by atoms with Gasteiger partial charge >= 0.3 is 5.97 Å². The van der Waals surface area contributed by atoms with Gasteiger partial charge in [-0.25, -0.2) is 4.79 Å². The monoisotopic (exact) mass is 312 g/mol. The molecule has 0 unspecified atom stereocenters. The number of benzene rings is 1. The van der Waals surface area contributed by atoms with Crippen molar-refractivity contribution in [3.05, 3.63) is 53.7 Å². The normalized spacial score (nSPS) is 14.5. The lowest BCUT2D eigenvalue weighted by Gasteiger charge is -2.26. The standard InChI is InChI=1S/C17H16N2O4/c20-16(19-7-9-23-10-8-19)12-5-6-18-15(11-12)13-3-1-2-4-14(13)17(21)22/h1-6,11H,7-10H2,(H,21,22). The van der Waals surface area contributed by atoms with Gasteiger partial charge in [-0.3, -0.25) is 9.78 Å². The molecule has 1 N–H and O–H groups in total. The van der Waals surface area contributed by atoms with Gasteiger partial charge in [0.2, 0.25) is 0 Å². The number of rotatable bonds is 3. The topological polar surface area (TPSA) is 79.7 Å². The van der Waals surface area contributed by atoms with Crippen LogP contribution in [0.15, 0.2) is 42.6 Å². The highest BCUT2D eigenvalue weighted by atomic mass is 16.5. The van der Waals surface area contributed by atoms with E-state index < -0.39 is 5.97 Å². The molecule has 23 heavy (non-hydrogen) atoms. The summed E-state index contributed by atoms with van der Waals surface area (Å²) >= 11 is 0. The lowest BCUT2D eigenvalue weighted by molar-refractivity contribution is 0.0303. The molecule has 6 heteroatoms. The summed E-state index contributed by atoms with van der Waals surface area (Å²) in [6, 6.07) is 9.91. The summed E-state index contributed by atoms with van der Waals surface area (Å²) in [7, 11) is 0. The van der Waals surface area contributed by atoms with Crippen LogP contribution in [-0.4, -0.2) is 53.2 Å². The molecule has 1 fully saturated rings. The first-order valence-electron chi connectivity index (χ1n) is 7.32. The molecular formula is C17H16N2O4. The molecule has 2 heterocycles. The Bertz CT molecular complexity index is 739. The van der Waals surface area contributed by atoms with Gasteiger partial charge in [0, 0.05) is 30.4 Å². The van der Waals surface area contributed by atoms with Crippen LogP contribution in [0.5, 0.6) is 0 Å². The fraction of sp³-hybridized carbons (Fsp3) is 0.235. The van der Waals surface area contributed by atoms with Crippen LogP contribution in [0.4, 0.5) is 0 Å². The van der Waals surface area contributed by atoms with Gasteiger partial charge in [0.1, 0.15) is 0 Å². The van der Waals surface area contributed by atoms with E-state index in [-0.39, 0.29) is 11.5 Å². The fourth-order valence-corrected chi connectivity index (χ4v) is 2.55. The number of morpholine rings is 1. The molecule has 6 nitrogen and oxygen atoms in total. The predicted octanol–water partition coefficient (Wildman–Crippen LogP) is 1.92. The molecule has 1 saturated heterocycles. The van der Waals surface area contributed by atoms with Crippen LogP contribution < -0.4 is 0 Å². The number of nitrogens with zero attached hydrogens (tertiary/aromatic N) is 2. The van der Waals surface area contributed by atoms with E-state index in [0.29, 0.717) is 43.1 Å². The first-order valence-corrected chi connectivity index (χ1v) is 7.32. The molecule has 1 aromatic heterocycles. The van der Waals surface area contributed by atoms with Gasteiger partial charge in [-0.1, -0.05) is 18.2 Å². The maximum atomic E-state index is 12.5. The number of pyridine rings is 1. The van der Waals surface area contributed by atoms with Crippen molar-refractivity contribution in [2.75, 3.05) is 26.3 Å². The van der Waals surface area contributed by atoms with Gasteiger partial charge in [0.05, 0.1) is 24.5 Å². The number of amides is 1. The molecule has 0 atom stereocenters. The van der Waals surface area contributed by atoms with E-state index >= 15 is 0 Å². The molecule has 1 aliphatic heterocycles. The lowest BCUT2D eigenvalue weighted by atomic mass is 10.0. The Balaban J connectivity index is 1.94. The molecule has 1 amide bonds. The lowest BCUT2D eigenvalue weighted by Crippen LogP contribution is -2.40. The molecule has 1 aliphatic rings. The number of carboxylic acids is 1. The average molecular weight is 312 g/mol. The Morgan fingerprint density at radius 2 is 1.87 bits per heavy atom. The van der Waals surface area contributed by atoms with Gasteiger partial charge in [-0.2, -0.15) is 0 Å². The van der Waals surface area contributed by atoms with Crippen LogP contribution >= 0.6 is 0 Å². The molecule has 0 bridgehead atoms. The summed E-state index contributed by atoms with van der Waals surface area (Å²) in [6.07, 6.45) is 1.53. The highest BCUT2D eigenvalue weighted by molar-refractivity contribution is 5.98. The average Bonchev–Trinajstić information content (AvgIpc) is 2.62. The largest absolute Gasteiger partial charge is 0.478 e. The second kappa shape index (κ2) is 6.58. The van der Waals surface area contributed by atoms with Gasteiger partial charge in [-0.15, -0.1) is 0 Å². The summed E-state index contributed by atoms with van der Waals surface area (Å²) in [5.41, 5.74) is 1.63. The maximum absolute atomic E-state index is 12.5. The van der Waals surface area contributed by atoms with Crippen molar-refractivity contribution >= 4 is 11.9 Å². The number of carboxylic acid groups (broad SMARTS) is 1. The molecule has 0 spiro atoms. The molecule has 0 aliphatic carbocycles. The van der Waals surface area contributed by atoms with E-state index in [1.54, 1.807) is 35.2 Å². The zero-order valence-electron chi connectivity index (χ0n) is 12.4. The minimum Gasteiger partial charge on any atom is -0.478 e. The van der Waals surface area contributed by atoms with E-state index in [4.69, 9.17) is 4.74 Å². The van der Waals surface area contributed by atoms with E-state index in [1.165, 1.54) is 12.3 Å². The molecular weight excluding hydrogens is 296 g/mol. The number of carbonyl (C=O) groups excluding carboxylic acids is 1. The Morgan fingerprint density at radius 3 is 2.61 bits per heavy atom. The molecule has 2 aromatic rings. The first-order chi connectivity index (χ1) is 11.2. The van der Waals surface area contributed by atoms with Gasteiger partial charge in [0.25, 0.3) is 5.91 Å². The summed E-state index contributed by atoms with van der Waals surface area (Å²) < 4.78 is 5.25. The number of aromatic carboxylic acids is 1. The van der Waals surface area contributed by atoms with Gasteiger partial charge < -0.3 is 14.7 Å². The Hall–Kier alpha value is -2.73. The zero-order valence-corrected chi connectivity index (χ0v) is 12.4. The highest BCUT2D eigenvalue weighted by Crippen LogP contribution is 2.23. The minimum atomic E-state index is -1.02. The third-order valence-electron chi connectivity index (χ3n) is 3.74. The number of carbonyl (C=O) groups is 2. The molecule has 1 aromatic carbocycles. The summed E-state index contributed by atoms with van der Waals surface area (Å²) in [5, 5.41) is 9.29. The highest BCUT2D eigenvalue weighted by Gasteiger charge is 2.20. The van der Waals surface area contributed by atoms with Crippen LogP contribution in [0.2, 0.25) is 0 Å². The predicted molar refractivity (Wildman–Crippen MR) is 83.4 cm³/mol. The van der Waals surface area contributed by atoms with Crippen molar-refractivity contribution in [1.29, 1.82) is 0 Å². The zero-order chi connectivity index (χ0) is 16.2. The quantitative estimate of drug-likeness (QED) is 0.936. The number of hydrogen-bond donors (Lipinski definition) is 1. The number of aromatic nitrogens is 1. The third-order valence-corrected chi connectivity index (χ3v) is 3.74. The summed E-state index contributed by atoms with van der Waals surface area (Å²) in [6.45, 7) is 2.18. The van der Waals surface area contributed by atoms with Gasteiger partial charge in [-0.05, 0) is 18.2 Å². The van der Waals surface area contributed by atoms with Crippen LogP contribution in [0.25, 0.3) is 11.3 Å². The van der Waals surface area contributed by atoms with Crippen molar-refractivity contribution in [3.8, 4) is 11.3 Å². The smallest absolute Gasteiger partial charge is 0.336 e. The van der Waals surface area contributed by atoms with Crippen molar-refractivity contribution in [2.45, 2.75) is 0 Å². The van der Waals surface area contributed by atoms with Crippen LogP contribution in [0.1, 0.15) is 20.7 Å².